The van der Waals surface area contributed by atoms with Gasteiger partial charge >= 0.3 is 0 Å². The Hall–Kier alpha value is -2.29. The number of hydrogen-bond donors (Lipinski definition) is 2. The number of hydrazine groups is 1. The molecule has 1 amide bonds. The third kappa shape index (κ3) is 2.47. The highest BCUT2D eigenvalue weighted by atomic mass is 16.2. The number of amides is 1. The van der Waals surface area contributed by atoms with E-state index in [4.69, 9.17) is 0 Å². The lowest BCUT2D eigenvalue weighted by molar-refractivity contribution is -0.125. The van der Waals surface area contributed by atoms with Crippen LogP contribution in [0.3, 0.4) is 0 Å². The van der Waals surface area contributed by atoms with Crippen molar-refractivity contribution in [3.63, 3.8) is 0 Å². The fourth-order valence-corrected chi connectivity index (χ4v) is 2.89. The highest BCUT2D eigenvalue weighted by Gasteiger charge is 2.37. The lowest BCUT2D eigenvalue weighted by Crippen LogP contribution is -2.28. The number of carbonyl (C=O) groups is 1. The van der Waals surface area contributed by atoms with Crippen LogP contribution < -0.4 is 10.9 Å². The monoisotopic (exact) mass is 294 g/mol. The van der Waals surface area contributed by atoms with E-state index >= 15 is 0 Å². The molecule has 0 aliphatic carbocycles. The second kappa shape index (κ2) is 5.48. The maximum Gasteiger partial charge on any atom is 0.249 e. The Balaban J connectivity index is 2.15. The van der Waals surface area contributed by atoms with Crippen LogP contribution in [0.5, 0.6) is 0 Å². The van der Waals surface area contributed by atoms with Crippen molar-refractivity contribution in [3.05, 3.63) is 53.2 Å². The molecule has 1 aliphatic heterocycles. The Morgan fingerprint density at radius 1 is 1.14 bits per heavy atom. The van der Waals surface area contributed by atoms with Gasteiger partial charge in [0.05, 0.1) is 5.41 Å². The molecule has 0 spiro atoms. The minimum Gasteiger partial charge on any atom is -0.302 e. The molecule has 1 fully saturated rings. The molecule has 3 heteroatoms. The van der Waals surface area contributed by atoms with Crippen LogP contribution in [0, 0.1) is 5.41 Å². The van der Waals surface area contributed by atoms with Crippen LogP contribution in [0.2, 0.25) is 0 Å². The minimum absolute atomic E-state index is 0.00719. The molecule has 2 aromatic rings. The maximum atomic E-state index is 11.9. The quantitative estimate of drug-likeness (QED) is 0.904. The first-order valence-corrected chi connectivity index (χ1v) is 7.82. The van der Waals surface area contributed by atoms with Crippen molar-refractivity contribution in [1.82, 2.24) is 10.9 Å². The predicted octanol–water partition coefficient (Wildman–Crippen LogP) is 3.79. The third-order valence-electron chi connectivity index (χ3n) is 4.34. The zero-order chi connectivity index (χ0) is 15.7. The molecule has 2 aromatic carbocycles. The summed E-state index contributed by atoms with van der Waals surface area (Å²) in [5, 5.41) is 2.46. The summed E-state index contributed by atoms with van der Waals surface area (Å²) < 4.78 is 0. The Bertz CT molecular complexity index is 759. The number of fused-ring (bicyclic) bond motifs is 1. The van der Waals surface area contributed by atoms with Crippen LogP contribution in [0.25, 0.3) is 16.8 Å². The normalized spacial score (nSPS) is 18.5. The summed E-state index contributed by atoms with van der Waals surface area (Å²) in [6.07, 6.45) is 4.28. The number of aryl methyl sites for hydroxylation is 1. The smallest absolute Gasteiger partial charge is 0.249 e. The summed E-state index contributed by atoms with van der Waals surface area (Å²) in [6, 6.07) is 12.9. The highest BCUT2D eigenvalue weighted by Crippen LogP contribution is 2.32. The van der Waals surface area contributed by atoms with Crippen molar-refractivity contribution in [1.29, 1.82) is 0 Å². The van der Waals surface area contributed by atoms with E-state index in [9.17, 15) is 4.79 Å². The van der Waals surface area contributed by atoms with Gasteiger partial charge in [0.15, 0.2) is 0 Å². The molecule has 0 unspecified atom stereocenters. The third-order valence-corrected chi connectivity index (χ3v) is 4.34. The van der Waals surface area contributed by atoms with Crippen LogP contribution in [-0.4, -0.2) is 5.91 Å². The van der Waals surface area contributed by atoms with E-state index in [-0.39, 0.29) is 5.91 Å². The molecule has 3 nitrogen and oxygen atoms in total. The second-order valence-electron chi connectivity index (χ2n) is 6.42. The van der Waals surface area contributed by atoms with Crippen molar-refractivity contribution in [2.45, 2.75) is 33.6 Å². The van der Waals surface area contributed by atoms with E-state index < -0.39 is 5.41 Å². The molecular weight excluding hydrogens is 272 g/mol. The van der Waals surface area contributed by atoms with Crippen LogP contribution >= 0.6 is 0 Å². The Morgan fingerprint density at radius 3 is 2.59 bits per heavy atom. The first-order valence-electron chi connectivity index (χ1n) is 7.82. The Morgan fingerprint density at radius 2 is 1.91 bits per heavy atom. The van der Waals surface area contributed by atoms with Crippen molar-refractivity contribution in [2.24, 2.45) is 5.41 Å². The van der Waals surface area contributed by atoms with Gasteiger partial charge < -0.3 is 5.43 Å². The summed E-state index contributed by atoms with van der Waals surface area (Å²) in [7, 11) is 0. The second-order valence-corrected chi connectivity index (χ2v) is 6.42. The van der Waals surface area contributed by atoms with Crippen molar-refractivity contribution in [2.75, 3.05) is 0 Å². The molecular formula is C19H22N2O. The highest BCUT2D eigenvalue weighted by molar-refractivity contribution is 5.94. The van der Waals surface area contributed by atoms with Gasteiger partial charge in [0.1, 0.15) is 0 Å². The first kappa shape index (κ1) is 14.6. The van der Waals surface area contributed by atoms with E-state index in [1.54, 1.807) is 0 Å². The van der Waals surface area contributed by atoms with E-state index in [0.29, 0.717) is 0 Å². The van der Waals surface area contributed by atoms with Gasteiger partial charge in [-0.25, -0.2) is 0 Å². The van der Waals surface area contributed by atoms with Crippen molar-refractivity contribution < 1.29 is 4.79 Å². The van der Waals surface area contributed by atoms with Gasteiger partial charge in [-0.3, -0.25) is 10.2 Å². The van der Waals surface area contributed by atoms with Crippen LogP contribution in [-0.2, 0) is 11.2 Å². The molecule has 1 saturated heterocycles. The molecule has 0 aromatic heterocycles. The minimum atomic E-state index is -0.526. The van der Waals surface area contributed by atoms with Gasteiger partial charge in [-0.2, -0.15) is 0 Å². The first-order chi connectivity index (χ1) is 10.5. The number of rotatable bonds is 3. The largest absolute Gasteiger partial charge is 0.302 e. The van der Waals surface area contributed by atoms with E-state index in [1.807, 2.05) is 13.8 Å². The van der Waals surface area contributed by atoms with E-state index in [1.165, 1.54) is 16.3 Å². The zero-order valence-corrected chi connectivity index (χ0v) is 13.4. The van der Waals surface area contributed by atoms with Gasteiger partial charge in [-0.1, -0.05) is 49.7 Å². The molecule has 0 bridgehead atoms. The van der Waals surface area contributed by atoms with Gasteiger partial charge in [-0.05, 0) is 48.2 Å². The van der Waals surface area contributed by atoms with Gasteiger partial charge in [0, 0.05) is 5.70 Å². The van der Waals surface area contributed by atoms with E-state index in [2.05, 4.69) is 60.2 Å². The SMILES string of the molecule is CCCc1cc(/C=C2\NNC(=O)C2(C)C)c2ccccc2c1. The Labute approximate surface area is 131 Å². The van der Waals surface area contributed by atoms with Gasteiger partial charge in [0.25, 0.3) is 0 Å². The molecule has 0 saturated carbocycles. The molecule has 0 radical (unpaired) electrons. The lowest BCUT2D eigenvalue weighted by Gasteiger charge is -2.15. The van der Waals surface area contributed by atoms with Gasteiger partial charge in [0.2, 0.25) is 5.91 Å². The average molecular weight is 294 g/mol. The summed E-state index contributed by atoms with van der Waals surface area (Å²) in [6.45, 7) is 6.07. The fraction of sp³-hybridized carbons (Fsp3) is 0.316. The number of carbonyl (C=O) groups excluding carboxylic acids is 1. The summed E-state index contributed by atoms with van der Waals surface area (Å²) in [4.78, 5) is 11.9. The van der Waals surface area contributed by atoms with Gasteiger partial charge in [-0.15, -0.1) is 0 Å². The number of hydrogen-bond acceptors (Lipinski definition) is 2. The molecule has 0 atom stereocenters. The zero-order valence-electron chi connectivity index (χ0n) is 13.4. The lowest BCUT2D eigenvalue weighted by atomic mass is 9.88. The molecule has 1 heterocycles. The molecule has 3 rings (SSSR count). The van der Waals surface area contributed by atoms with Crippen molar-refractivity contribution >= 4 is 22.8 Å². The summed E-state index contributed by atoms with van der Waals surface area (Å²) in [5.41, 5.74) is 8.62. The molecule has 2 N–H and O–H groups in total. The summed E-state index contributed by atoms with van der Waals surface area (Å²) in [5.74, 6) is 0.00719. The topological polar surface area (TPSA) is 41.1 Å². The van der Waals surface area contributed by atoms with Crippen LogP contribution in [0.4, 0.5) is 0 Å². The fourth-order valence-electron chi connectivity index (χ4n) is 2.89. The maximum absolute atomic E-state index is 11.9. The standard InChI is InChI=1S/C19H22N2O/c1-4-7-13-10-14-8-5-6-9-16(14)15(11-13)12-17-19(2,3)18(22)21-20-17/h5-6,8-12,20H,4,7H2,1-3H3,(H,21,22)/b17-12-. The molecule has 22 heavy (non-hydrogen) atoms. The van der Waals surface area contributed by atoms with E-state index in [0.717, 1.165) is 24.1 Å². The number of benzene rings is 2. The van der Waals surface area contributed by atoms with Crippen LogP contribution in [0.1, 0.15) is 38.3 Å². The number of nitrogens with one attached hydrogen (secondary N) is 2. The Kier molecular flexibility index (Phi) is 3.65. The van der Waals surface area contributed by atoms with Crippen LogP contribution in [0.15, 0.2) is 42.1 Å². The summed E-state index contributed by atoms with van der Waals surface area (Å²) >= 11 is 0. The average Bonchev–Trinajstić information content (AvgIpc) is 2.74. The predicted molar refractivity (Wildman–Crippen MR) is 91.0 cm³/mol. The van der Waals surface area contributed by atoms with Crippen molar-refractivity contribution in [3.8, 4) is 0 Å². The molecule has 114 valence electrons. The molecule has 1 aliphatic rings.